The minimum atomic E-state index is 0.131. The molecule has 1 aliphatic carbocycles. The molecule has 1 aromatic rings. The van der Waals surface area contributed by atoms with Crippen LogP contribution in [-0.2, 0) is 6.54 Å². The van der Waals surface area contributed by atoms with Crippen LogP contribution in [0, 0.1) is 0 Å². The zero-order valence-corrected chi connectivity index (χ0v) is 10.5. The molecule has 1 aliphatic rings. The SMILES string of the molecule is CC(C)(C)NCc1cc(C2CCCC2)on1. The fourth-order valence-corrected chi connectivity index (χ4v) is 2.17. The van der Waals surface area contributed by atoms with E-state index in [0.29, 0.717) is 5.92 Å². The molecule has 1 heterocycles. The van der Waals surface area contributed by atoms with Crippen LogP contribution in [0.1, 0.15) is 63.8 Å². The van der Waals surface area contributed by atoms with E-state index in [0.717, 1.165) is 18.0 Å². The minimum absolute atomic E-state index is 0.131. The molecule has 0 atom stereocenters. The third kappa shape index (κ3) is 3.08. The zero-order valence-electron chi connectivity index (χ0n) is 10.5. The van der Waals surface area contributed by atoms with E-state index in [1.165, 1.54) is 25.7 Å². The van der Waals surface area contributed by atoms with Gasteiger partial charge in [0.15, 0.2) is 0 Å². The van der Waals surface area contributed by atoms with Crippen molar-refractivity contribution < 1.29 is 4.52 Å². The molecule has 0 spiro atoms. The van der Waals surface area contributed by atoms with E-state index in [9.17, 15) is 0 Å². The largest absolute Gasteiger partial charge is 0.361 e. The molecule has 0 aliphatic heterocycles. The highest BCUT2D eigenvalue weighted by Crippen LogP contribution is 2.34. The van der Waals surface area contributed by atoms with Crippen LogP contribution in [-0.4, -0.2) is 10.7 Å². The smallest absolute Gasteiger partial charge is 0.140 e. The van der Waals surface area contributed by atoms with Crippen molar-refractivity contribution >= 4 is 0 Å². The van der Waals surface area contributed by atoms with Gasteiger partial charge in [-0.2, -0.15) is 0 Å². The molecule has 0 unspecified atom stereocenters. The van der Waals surface area contributed by atoms with E-state index in [4.69, 9.17) is 4.52 Å². The number of nitrogens with one attached hydrogen (secondary N) is 1. The highest BCUT2D eigenvalue weighted by atomic mass is 16.5. The van der Waals surface area contributed by atoms with Crippen LogP contribution < -0.4 is 5.32 Å². The van der Waals surface area contributed by atoms with Gasteiger partial charge in [-0.05, 0) is 33.6 Å². The van der Waals surface area contributed by atoms with E-state index in [1.54, 1.807) is 0 Å². The lowest BCUT2D eigenvalue weighted by molar-refractivity contribution is 0.348. The van der Waals surface area contributed by atoms with Crippen molar-refractivity contribution in [2.24, 2.45) is 0 Å². The summed E-state index contributed by atoms with van der Waals surface area (Å²) >= 11 is 0. The van der Waals surface area contributed by atoms with E-state index in [2.05, 4.69) is 37.3 Å². The topological polar surface area (TPSA) is 38.1 Å². The molecule has 1 N–H and O–H groups in total. The summed E-state index contributed by atoms with van der Waals surface area (Å²) in [5, 5.41) is 7.55. The Hall–Kier alpha value is -0.830. The molecule has 0 aromatic carbocycles. The van der Waals surface area contributed by atoms with Crippen molar-refractivity contribution in [1.82, 2.24) is 10.5 Å². The molecule has 0 saturated heterocycles. The third-order valence-corrected chi connectivity index (χ3v) is 3.13. The predicted molar refractivity (Wildman–Crippen MR) is 64.3 cm³/mol. The molecule has 3 heteroatoms. The highest BCUT2D eigenvalue weighted by Gasteiger charge is 2.21. The van der Waals surface area contributed by atoms with Crippen LogP contribution in [0.5, 0.6) is 0 Å². The van der Waals surface area contributed by atoms with Gasteiger partial charge in [0.05, 0.1) is 5.69 Å². The summed E-state index contributed by atoms with van der Waals surface area (Å²) in [5.41, 5.74) is 1.16. The Morgan fingerprint density at radius 3 is 2.69 bits per heavy atom. The van der Waals surface area contributed by atoms with E-state index < -0.39 is 0 Å². The number of hydrogen-bond acceptors (Lipinski definition) is 3. The fraction of sp³-hybridized carbons (Fsp3) is 0.769. The van der Waals surface area contributed by atoms with Crippen LogP contribution in [0.25, 0.3) is 0 Å². The molecular formula is C13H22N2O. The first-order chi connectivity index (χ1) is 7.54. The summed E-state index contributed by atoms with van der Waals surface area (Å²) in [6, 6.07) is 2.12. The van der Waals surface area contributed by atoms with E-state index in [-0.39, 0.29) is 5.54 Å². The van der Waals surface area contributed by atoms with Gasteiger partial charge in [0.1, 0.15) is 5.76 Å². The van der Waals surface area contributed by atoms with Crippen LogP contribution in [0.15, 0.2) is 10.6 Å². The van der Waals surface area contributed by atoms with Crippen molar-refractivity contribution in [3.05, 3.63) is 17.5 Å². The number of hydrogen-bond donors (Lipinski definition) is 1. The predicted octanol–water partition coefficient (Wildman–Crippen LogP) is 3.22. The van der Waals surface area contributed by atoms with Gasteiger partial charge in [-0.25, -0.2) is 0 Å². The van der Waals surface area contributed by atoms with Gasteiger partial charge in [0.25, 0.3) is 0 Å². The van der Waals surface area contributed by atoms with Crippen molar-refractivity contribution in [3.63, 3.8) is 0 Å². The molecule has 0 amide bonds. The lowest BCUT2D eigenvalue weighted by Crippen LogP contribution is -2.35. The molecule has 0 radical (unpaired) electrons. The average Bonchev–Trinajstić information content (AvgIpc) is 2.84. The molecule has 90 valence electrons. The molecule has 16 heavy (non-hydrogen) atoms. The number of nitrogens with zero attached hydrogens (tertiary/aromatic N) is 1. The average molecular weight is 222 g/mol. The van der Waals surface area contributed by atoms with Gasteiger partial charge < -0.3 is 9.84 Å². The normalized spacial score (nSPS) is 18.2. The number of aromatic nitrogens is 1. The standard InChI is InChI=1S/C13H22N2O/c1-13(2,3)14-9-11-8-12(16-15-11)10-6-4-5-7-10/h8,10,14H,4-7,9H2,1-3H3. The van der Waals surface area contributed by atoms with Crippen molar-refractivity contribution in [3.8, 4) is 0 Å². The summed E-state index contributed by atoms with van der Waals surface area (Å²) in [6.07, 6.45) is 5.20. The Bertz CT molecular complexity index is 332. The Balaban J connectivity index is 1.91. The lowest BCUT2D eigenvalue weighted by atomic mass is 10.0. The highest BCUT2D eigenvalue weighted by molar-refractivity contribution is 5.11. The molecule has 1 aromatic heterocycles. The molecular weight excluding hydrogens is 200 g/mol. The molecule has 1 saturated carbocycles. The molecule has 2 rings (SSSR count). The summed E-state index contributed by atoms with van der Waals surface area (Å²) in [7, 11) is 0. The van der Waals surface area contributed by atoms with Crippen LogP contribution in [0.2, 0.25) is 0 Å². The zero-order chi connectivity index (χ0) is 11.6. The maximum absolute atomic E-state index is 5.42. The van der Waals surface area contributed by atoms with Gasteiger partial charge in [0, 0.05) is 24.1 Å². The van der Waals surface area contributed by atoms with Crippen LogP contribution in [0.4, 0.5) is 0 Å². The van der Waals surface area contributed by atoms with Gasteiger partial charge >= 0.3 is 0 Å². The second-order valence-corrected chi connectivity index (χ2v) is 5.81. The summed E-state index contributed by atoms with van der Waals surface area (Å²) < 4.78 is 5.42. The molecule has 0 bridgehead atoms. The lowest BCUT2D eigenvalue weighted by Gasteiger charge is -2.19. The summed E-state index contributed by atoms with van der Waals surface area (Å²) in [4.78, 5) is 0. The summed E-state index contributed by atoms with van der Waals surface area (Å²) in [6.45, 7) is 7.26. The number of rotatable bonds is 3. The maximum atomic E-state index is 5.42. The van der Waals surface area contributed by atoms with Crippen molar-refractivity contribution in [2.45, 2.75) is 64.5 Å². The first-order valence-electron chi connectivity index (χ1n) is 6.25. The third-order valence-electron chi connectivity index (χ3n) is 3.13. The fourth-order valence-electron chi connectivity index (χ4n) is 2.17. The second-order valence-electron chi connectivity index (χ2n) is 5.81. The quantitative estimate of drug-likeness (QED) is 0.853. The first-order valence-corrected chi connectivity index (χ1v) is 6.25. The van der Waals surface area contributed by atoms with Gasteiger partial charge in [-0.15, -0.1) is 0 Å². The monoisotopic (exact) mass is 222 g/mol. The second kappa shape index (κ2) is 4.58. The van der Waals surface area contributed by atoms with Gasteiger partial charge in [0.2, 0.25) is 0 Å². The Morgan fingerprint density at radius 2 is 2.06 bits per heavy atom. The van der Waals surface area contributed by atoms with Crippen LogP contribution >= 0.6 is 0 Å². The first kappa shape index (κ1) is 11.6. The Labute approximate surface area is 97.6 Å². The van der Waals surface area contributed by atoms with Crippen molar-refractivity contribution in [2.75, 3.05) is 0 Å². The maximum Gasteiger partial charge on any atom is 0.140 e. The van der Waals surface area contributed by atoms with Gasteiger partial charge in [-0.3, -0.25) is 0 Å². The molecule has 3 nitrogen and oxygen atoms in total. The van der Waals surface area contributed by atoms with E-state index in [1.807, 2.05) is 0 Å². The Morgan fingerprint density at radius 1 is 1.38 bits per heavy atom. The Kier molecular flexibility index (Phi) is 3.33. The minimum Gasteiger partial charge on any atom is -0.361 e. The van der Waals surface area contributed by atoms with Gasteiger partial charge in [-0.1, -0.05) is 18.0 Å². The molecule has 1 fully saturated rings. The van der Waals surface area contributed by atoms with Crippen LogP contribution in [0.3, 0.4) is 0 Å². The van der Waals surface area contributed by atoms with Crippen molar-refractivity contribution in [1.29, 1.82) is 0 Å². The summed E-state index contributed by atoms with van der Waals surface area (Å²) in [5.74, 6) is 1.71. The van der Waals surface area contributed by atoms with E-state index >= 15 is 0 Å².